The minimum Gasteiger partial charge on any atom is -0.423 e. The molecule has 2 heterocycles. The Morgan fingerprint density at radius 2 is 1.65 bits per heavy atom. The van der Waals surface area contributed by atoms with E-state index in [4.69, 9.17) is 0 Å². The van der Waals surface area contributed by atoms with Crippen LogP contribution >= 0.6 is 15.9 Å². The molecule has 0 spiro atoms. The van der Waals surface area contributed by atoms with Crippen molar-refractivity contribution in [3.8, 4) is 0 Å². The van der Waals surface area contributed by atoms with Crippen LogP contribution in [0.2, 0.25) is 38.3 Å². The number of hydrogen-bond acceptors (Lipinski definition) is 2. The second-order valence-corrected chi connectivity index (χ2v) is 16.6. The van der Waals surface area contributed by atoms with Gasteiger partial charge in [-0.1, -0.05) is 26.2 Å². The molecule has 1 saturated heterocycles. The number of aromatic nitrogens is 1. The van der Waals surface area contributed by atoms with Gasteiger partial charge in [0.2, 0.25) is 0 Å². The van der Waals surface area contributed by atoms with Crippen molar-refractivity contribution in [1.29, 1.82) is 0 Å². The average Bonchev–Trinajstić information content (AvgIpc) is 2.39. The molecule has 94 valence electrons. The molecule has 0 aliphatic carbocycles. The fraction of sp³-hybridized carbons (Fsp3) is 0.583. The second kappa shape index (κ2) is 4.21. The molecule has 2 rings (SSSR count). The van der Waals surface area contributed by atoms with Crippen LogP contribution in [-0.4, -0.2) is 21.5 Å². The first-order chi connectivity index (χ1) is 7.74. The van der Waals surface area contributed by atoms with E-state index in [0.717, 1.165) is 4.60 Å². The minimum absolute atomic E-state index is 0.942. The summed E-state index contributed by atoms with van der Waals surface area (Å²) in [6.45, 7) is 12.1. The Kier molecular flexibility index (Phi) is 3.29. The van der Waals surface area contributed by atoms with Gasteiger partial charge in [0.25, 0.3) is 0 Å². The average molecular weight is 329 g/mol. The quantitative estimate of drug-likeness (QED) is 0.561. The molecule has 2 nitrogen and oxygen atoms in total. The van der Waals surface area contributed by atoms with Gasteiger partial charge in [-0.05, 0) is 47.1 Å². The SMILES string of the molecule is Cc1nc(Br)ccc1N1[Si](C)(C)CC[Si]1(C)C. The van der Waals surface area contributed by atoms with Gasteiger partial charge >= 0.3 is 0 Å². The van der Waals surface area contributed by atoms with Crippen molar-refractivity contribution in [2.45, 2.75) is 45.2 Å². The van der Waals surface area contributed by atoms with Crippen LogP contribution in [0.3, 0.4) is 0 Å². The lowest BCUT2D eigenvalue weighted by molar-refractivity contribution is 1.15. The Morgan fingerprint density at radius 1 is 1.12 bits per heavy atom. The Balaban J connectivity index is 2.50. The third-order valence-corrected chi connectivity index (χ3v) is 14.2. The van der Waals surface area contributed by atoms with Gasteiger partial charge in [0.05, 0.1) is 5.69 Å². The summed E-state index contributed by atoms with van der Waals surface area (Å²) in [5.41, 5.74) is 2.56. The zero-order valence-corrected chi connectivity index (χ0v) is 14.9. The van der Waals surface area contributed by atoms with Crippen molar-refractivity contribution >= 4 is 38.1 Å². The molecule has 0 bridgehead atoms. The fourth-order valence-corrected chi connectivity index (χ4v) is 17.8. The number of halogens is 1. The summed E-state index contributed by atoms with van der Waals surface area (Å²) >= 11 is 3.45. The summed E-state index contributed by atoms with van der Waals surface area (Å²) in [4.78, 5) is 4.57. The molecular formula is C12H21BrN2Si2. The van der Waals surface area contributed by atoms with Gasteiger partial charge in [-0.25, -0.2) is 4.98 Å². The molecular weight excluding hydrogens is 308 g/mol. The number of hydrogen-bond donors (Lipinski definition) is 0. The lowest BCUT2D eigenvalue weighted by Crippen LogP contribution is -2.55. The predicted octanol–water partition coefficient (Wildman–Crippen LogP) is 4.38. The molecule has 5 heteroatoms. The van der Waals surface area contributed by atoms with Gasteiger partial charge in [0, 0.05) is 5.69 Å². The molecule has 1 aromatic rings. The molecule has 0 atom stereocenters. The first-order valence-electron chi connectivity index (χ1n) is 6.17. The molecule has 1 aromatic heterocycles. The minimum atomic E-state index is -1.25. The molecule has 1 aliphatic rings. The van der Waals surface area contributed by atoms with E-state index in [9.17, 15) is 0 Å². The van der Waals surface area contributed by atoms with E-state index in [1.54, 1.807) is 0 Å². The maximum absolute atomic E-state index is 4.57. The molecule has 0 unspecified atom stereocenters. The Morgan fingerprint density at radius 3 is 2.12 bits per heavy atom. The normalized spacial score (nSPS) is 21.9. The van der Waals surface area contributed by atoms with Crippen LogP contribution in [0.4, 0.5) is 5.69 Å². The summed E-state index contributed by atoms with van der Waals surface area (Å²) in [7, 11) is -2.51. The van der Waals surface area contributed by atoms with E-state index < -0.39 is 16.5 Å². The lowest BCUT2D eigenvalue weighted by Gasteiger charge is -2.42. The van der Waals surface area contributed by atoms with Crippen LogP contribution in [0.15, 0.2) is 16.7 Å². The van der Waals surface area contributed by atoms with Gasteiger partial charge < -0.3 is 4.23 Å². The molecule has 17 heavy (non-hydrogen) atoms. The predicted molar refractivity (Wildman–Crippen MR) is 83.7 cm³/mol. The summed E-state index contributed by atoms with van der Waals surface area (Å²) < 4.78 is 3.76. The van der Waals surface area contributed by atoms with Gasteiger partial charge in [-0.3, -0.25) is 0 Å². The third kappa shape index (κ3) is 2.37. The van der Waals surface area contributed by atoms with Gasteiger partial charge in [0.1, 0.15) is 21.1 Å². The topological polar surface area (TPSA) is 16.1 Å². The monoisotopic (exact) mass is 328 g/mol. The number of rotatable bonds is 1. The Bertz CT molecular complexity index is 430. The lowest BCUT2D eigenvalue weighted by atomic mass is 10.3. The standard InChI is InChI=1S/C12H21BrN2Si2/c1-10-11(6-7-12(13)14-10)15-16(2,3)8-9-17(15,4)5/h6-7H,8-9H2,1-5H3. The first-order valence-corrected chi connectivity index (χ1v) is 13.3. The second-order valence-electron chi connectivity index (χ2n) is 6.20. The molecule has 0 amide bonds. The molecule has 0 saturated carbocycles. The summed E-state index contributed by atoms with van der Waals surface area (Å²) in [5.74, 6) is 0. The van der Waals surface area contributed by atoms with E-state index in [1.165, 1.54) is 23.5 Å². The van der Waals surface area contributed by atoms with E-state index >= 15 is 0 Å². The largest absolute Gasteiger partial charge is 0.423 e. The van der Waals surface area contributed by atoms with Crippen molar-refractivity contribution in [3.63, 3.8) is 0 Å². The molecule has 1 fully saturated rings. The van der Waals surface area contributed by atoms with E-state index in [1.807, 2.05) is 0 Å². The first kappa shape index (κ1) is 13.3. The van der Waals surface area contributed by atoms with Crippen molar-refractivity contribution < 1.29 is 0 Å². The number of nitrogens with zero attached hydrogens (tertiary/aromatic N) is 2. The van der Waals surface area contributed by atoms with Gasteiger partial charge in [-0.15, -0.1) is 0 Å². The van der Waals surface area contributed by atoms with Crippen molar-refractivity contribution in [2.24, 2.45) is 0 Å². The summed E-state index contributed by atoms with van der Waals surface area (Å²) in [6, 6.07) is 7.19. The van der Waals surface area contributed by atoms with E-state index in [-0.39, 0.29) is 0 Å². The smallest absolute Gasteiger partial charge is 0.141 e. The zero-order chi connectivity index (χ0) is 12.8. The highest BCUT2D eigenvalue weighted by molar-refractivity contribution is 9.10. The maximum Gasteiger partial charge on any atom is 0.141 e. The van der Waals surface area contributed by atoms with Crippen LogP contribution in [0.5, 0.6) is 0 Å². The summed E-state index contributed by atoms with van der Waals surface area (Å²) in [5, 5.41) is 0. The molecule has 0 aromatic carbocycles. The Labute approximate surface area is 115 Å². The fourth-order valence-electron chi connectivity index (χ4n) is 3.07. The van der Waals surface area contributed by atoms with Gasteiger partial charge in [0.15, 0.2) is 0 Å². The summed E-state index contributed by atoms with van der Waals surface area (Å²) in [6.07, 6.45) is 0. The van der Waals surface area contributed by atoms with E-state index in [0.29, 0.717) is 0 Å². The highest BCUT2D eigenvalue weighted by atomic mass is 79.9. The Hall–Kier alpha value is -0.136. The molecule has 0 N–H and O–H groups in total. The number of pyridine rings is 1. The number of aryl methyl sites for hydroxylation is 1. The van der Waals surface area contributed by atoms with Crippen LogP contribution in [0.1, 0.15) is 5.69 Å². The number of anilines is 1. The van der Waals surface area contributed by atoms with Crippen LogP contribution in [0.25, 0.3) is 0 Å². The highest BCUT2D eigenvalue weighted by Gasteiger charge is 2.47. The highest BCUT2D eigenvalue weighted by Crippen LogP contribution is 2.41. The molecule has 0 radical (unpaired) electrons. The third-order valence-electron chi connectivity index (χ3n) is 3.82. The van der Waals surface area contributed by atoms with Crippen molar-refractivity contribution in [3.05, 3.63) is 22.4 Å². The van der Waals surface area contributed by atoms with Crippen molar-refractivity contribution in [1.82, 2.24) is 4.98 Å². The van der Waals surface area contributed by atoms with E-state index in [2.05, 4.69) is 70.4 Å². The van der Waals surface area contributed by atoms with Crippen LogP contribution in [-0.2, 0) is 0 Å². The molecule has 1 aliphatic heterocycles. The van der Waals surface area contributed by atoms with Gasteiger partial charge in [-0.2, -0.15) is 0 Å². The van der Waals surface area contributed by atoms with Crippen LogP contribution < -0.4 is 4.23 Å². The maximum atomic E-state index is 4.57. The zero-order valence-electron chi connectivity index (χ0n) is 11.3. The van der Waals surface area contributed by atoms with Crippen molar-refractivity contribution in [2.75, 3.05) is 4.23 Å². The van der Waals surface area contributed by atoms with Crippen LogP contribution in [0, 0.1) is 6.92 Å².